The summed E-state index contributed by atoms with van der Waals surface area (Å²) in [5.74, 6) is -1.64. The van der Waals surface area contributed by atoms with Gasteiger partial charge in [0.1, 0.15) is 0 Å². The lowest BCUT2D eigenvalue weighted by molar-refractivity contribution is 0.579. The highest BCUT2D eigenvalue weighted by Crippen LogP contribution is 2.34. The van der Waals surface area contributed by atoms with E-state index in [-0.39, 0.29) is 16.8 Å². The number of nitrogens with one attached hydrogen (secondary N) is 2. The van der Waals surface area contributed by atoms with Crippen LogP contribution in [0.4, 0.5) is 8.78 Å². The van der Waals surface area contributed by atoms with Gasteiger partial charge in [0, 0.05) is 23.5 Å². The summed E-state index contributed by atoms with van der Waals surface area (Å²) < 4.78 is 28.4. The van der Waals surface area contributed by atoms with Gasteiger partial charge in [0.05, 0.1) is 29.2 Å². The SMILES string of the molecule is O=c1[nH]c2cc(-c3c(F)cncc3F)c(-c3cccnc3)nc2[nH]1. The second-order valence-corrected chi connectivity index (χ2v) is 5.08. The van der Waals surface area contributed by atoms with Gasteiger partial charge in [-0.3, -0.25) is 15.0 Å². The van der Waals surface area contributed by atoms with Crippen molar-refractivity contribution in [2.45, 2.75) is 0 Å². The zero-order chi connectivity index (χ0) is 16.7. The van der Waals surface area contributed by atoms with Gasteiger partial charge in [0.25, 0.3) is 0 Å². The molecule has 0 spiro atoms. The molecule has 0 radical (unpaired) electrons. The Bertz CT molecular complexity index is 1080. The summed E-state index contributed by atoms with van der Waals surface area (Å²) in [6, 6.07) is 4.88. The van der Waals surface area contributed by atoms with Gasteiger partial charge in [-0.1, -0.05) is 0 Å². The summed E-state index contributed by atoms with van der Waals surface area (Å²) in [7, 11) is 0. The quantitative estimate of drug-likeness (QED) is 0.593. The second kappa shape index (κ2) is 5.34. The molecule has 0 bridgehead atoms. The zero-order valence-corrected chi connectivity index (χ0v) is 12.0. The Morgan fingerprint density at radius 2 is 1.79 bits per heavy atom. The minimum Gasteiger partial charge on any atom is -0.304 e. The van der Waals surface area contributed by atoms with Gasteiger partial charge in [0.15, 0.2) is 17.3 Å². The van der Waals surface area contributed by atoms with Crippen molar-refractivity contribution in [3.8, 4) is 22.4 Å². The molecule has 4 aromatic rings. The molecule has 4 rings (SSSR count). The van der Waals surface area contributed by atoms with Crippen LogP contribution in [0.5, 0.6) is 0 Å². The highest BCUT2D eigenvalue weighted by Gasteiger charge is 2.19. The Labute approximate surface area is 133 Å². The molecule has 6 nitrogen and oxygen atoms in total. The summed E-state index contributed by atoms with van der Waals surface area (Å²) in [6.45, 7) is 0. The molecule has 24 heavy (non-hydrogen) atoms. The Hall–Kier alpha value is -3.42. The summed E-state index contributed by atoms with van der Waals surface area (Å²) in [6.07, 6.45) is 4.96. The maximum atomic E-state index is 14.2. The van der Waals surface area contributed by atoms with E-state index in [1.54, 1.807) is 18.3 Å². The summed E-state index contributed by atoms with van der Waals surface area (Å²) >= 11 is 0. The monoisotopic (exact) mass is 325 g/mol. The topological polar surface area (TPSA) is 87.3 Å². The second-order valence-electron chi connectivity index (χ2n) is 5.08. The van der Waals surface area contributed by atoms with Crippen molar-refractivity contribution in [2.24, 2.45) is 0 Å². The van der Waals surface area contributed by atoms with Crippen molar-refractivity contribution in [3.05, 3.63) is 65.1 Å². The molecule has 4 aromatic heterocycles. The van der Waals surface area contributed by atoms with E-state index in [0.29, 0.717) is 16.8 Å². The highest BCUT2D eigenvalue weighted by molar-refractivity contribution is 5.88. The first-order chi connectivity index (χ1) is 11.6. The number of rotatable bonds is 2. The predicted octanol–water partition coefficient (Wildman–Crippen LogP) is 2.65. The van der Waals surface area contributed by atoms with E-state index in [1.807, 2.05) is 0 Å². The predicted molar refractivity (Wildman–Crippen MR) is 83.1 cm³/mol. The molecular formula is C16H9F2N5O. The van der Waals surface area contributed by atoms with Crippen LogP contribution in [0.2, 0.25) is 0 Å². The highest BCUT2D eigenvalue weighted by atomic mass is 19.1. The number of fused-ring (bicyclic) bond motifs is 1. The fraction of sp³-hybridized carbons (Fsp3) is 0. The zero-order valence-electron chi connectivity index (χ0n) is 12.0. The number of aromatic nitrogens is 5. The standard InChI is InChI=1S/C16H9F2N5O/c17-10-6-20-7-11(18)13(10)9-4-12-15(23-16(24)21-12)22-14(9)8-2-1-3-19-5-8/h1-7H,(H2,21,22,23,24). The summed E-state index contributed by atoms with van der Waals surface area (Å²) in [5, 5.41) is 0. The molecule has 0 unspecified atom stereocenters. The van der Waals surface area contributed by atoms with Crippen LogP contribution >= 0.6 is 0 Å². The van der Waals surface area contributed by atoms with E-state index in [4.69, 9.17) is 0 Å². The molecule has 0 atom stereocenters. The first-order valence-corrected chi connectivity index (χ1v) is 6.96. The number of imidazole rings is 1. The minimum atomic E-state index is -0.820. The van der Waals surface area contributed by atoms with E-state index >= 15 is 0 Å². The van der Waals surface area contributed by atoms with Crippen LogP contribution in [-0.4, -0.2) is 24.9 Å². The van der Waals surface area contributed by atoms with Crippen molar-refractivity contribution in [2.75, 3.05) is 0 Å². The molecule has 0 saturated carbocycles. The Morgan fingerprint density at radius 1 is 1.00 bits per heavy atom. The molecule has 0 fully saturated rings. The smallest absolute Gasteiger partial charge is 0.304 e. The number of nitrogens with zero attached hydrogens (tertiary/aromatic N) is 3. The van der Waals surface area contributed by atoms with Crippen LogP contribution in [0.25, 0.3) is 33.5 Å². The summed E-state index contributed by atoms with van der Waals surface area (Å²) in [5.41, 5.74) is 0.976. The number of hydrogen-bond donors (Lipinski definition) is 2. The van der Waals surface area contributed by atoms with Gasteiger partial charge < -0.3 is 4.98 Å². The van der Waals surface area contributed by atoms with Crippen LogP contribution in [0.15, 0.2) is 47.8 Å². The van der Waals surface area contributed by atoms with E-state index in [0.717, 1.165) is 12.4 Å². The van der Waals surface area contributed by atoms with Crippen molar-refractivity contribution in [1.29, 1.82) is 0 Å². The molecule has 4 heterocycles. The number of halogens is 2. The fourth-order valence-corrected chi connectivity index (χ4v) is 2.55. The van der Waals surface area contributed by atoms with Crippen LogP contribution in [0, 0.1) is 11.6 Å². The molecule has 0 amide bonds. The molecule has 8 heteroatoms. The maximum absolute atomic E-state index is 14.2. The van der Waals surface area contributed by atoms with E-state index in [9.17, 15) is 13.6 Å². The number of H-pyrrole nitrogens is 2. The first kappa shape index (κ1) is 14.2. The molecular weight excluding hydrogens is 316 g/mol. The van der Waals surface area contributed by atoms with Gasteiger partial charge >= 0.3 is 5.69 Å². The van der Waals surface area contributed by atoms with Gasteiger partial charge in [-0.05, 0) is 18.2 Å². The molecule has 2 N–H and O–H groups in total. The number of pyridine rings is 3. The van der Waals surface area contributed by atoms with E-state index in [1.165, 1.54) is 12.3 Å². The molecule has 118 valence electrons. The van der Waals surface area contributed by atoms with Crippen LogP contribution in [0.1, 0.15) is 0 Å². The van der Waals surface area contributed by atoms with Crippen LogP contribution < -0.4 is 5.69 Å². The third-order valence-corrected chi connectivity index (χ3v) is 3.56. The van der Waals surface area contributed by atoms with Crippen molar-refractivity contribution in [1.82, 2.24) is 24.9 Å². The number of aromatic amines is 2. The molecule has 0 saturated heterocycles. The normalized spacial score (nSPS) is 11.1. The lowest BCUT2D eigenvalue weighted by atomic mass is 10.00. The molecule has 0 aliphatic carbocycles. The van der Waals surface area contributed by atoms with Gasteiger partial charge in [-0.25, -0.2) is 18.6 Å². The Balaban J connectivity index is 2.11. The third kappa shape index (κ3) is 2.24. The minimum absolute atomic E-state index is 0.197. The maximum Gasteiger partial charge on any atom is 0.325 e. The fourth-order valence-electron chi connectivity index (χ4n) is 2.55. The van der Waals surface area contributed by atoms with Crippen molar-refractivity contribution < 1.29 is 8.78 Å². The van der Waals surface area contributed by atoms with Crippen molar-refractivity contribution >= 4 is 11.2 Å². The van der Waals surface area contributed by atoms with Crippen molar-refractivity contribution in [3.63, 3.8) is 0 Å². The van der Waals surface area contributed by atoms with Gasteiger partial charge in [-0.15, -0.1) is 0 Å². The molecule has 0 aliphatic rings. The molecule has 0 aliphatic heterocycles. The average Bonchev–Trinajstić information content (AvgIpc) is 2.94. The Morgan fingerprint density at radius 3 is 2.50 bits per heavy atom. The van der Waals surface area contributed by atoms with E-state index in [2.05, 4.69) is 24.9 Å². The van der Waals surface area contributed by atoms with Crippen LogP contribution in [-0.2, 0) is 0 Å². The molecule has 0 aromatic carbocycles. The number of hydrogen-bond acceptors (Lipinski definition) is 4. The van der Waals surface area contributed by atoms with Crippen LogP contribution in [0.3, 0.4) is 0 Å². The Kier molecular flexibility index (Phi) is 3.16. The van der Waals surface area contributed by atoms with E-state index < -0.39 is 17.3 Å². The third-order valence-electron chi connectivity index (χ3n) is 3.56. The average molecular weight is 325 g/mol. The summed E-state index contributed by atoms with van der Waals surface area (Å²) in [4.78, 5) is 28.4. The largest absolute Gasteiger partial charge is 0.325 e. The lowest BCUT2D eigenvalue weighted by Crippen LogP contribution is -1.99. The van der Waals surface area contributed by atoms with Gasteiger partial charge in [-0.2, -0.15) is 0 Å². The first-order valence-electron chi connectivity index (χ1n) is 6.96. The van der Waals surface area contributed by atoms with Gasteiger partial charge in [0.2, 0.25) is 0 Å². The lowest BCUT2D eigenvalue weighted by Gasteiger charge is -2.10.